The molecule has 254 valence electrons. The Labute approximate surface area is 280 Å². The van der Waals surface area contributed by atoms with Gasteiger partial charge in [0.15, 0.2) is 5.58 Å². The molecule has 3 fully saturated rings. The van der Waals surface area contributed by atoms with Crippen LogP contribution in [0.15, 0.2) is 52.9 Å². The van der Waals surface area contributed by atoms with Gasteiger partial charge in [0.1, 0.15) is 17.3 Å². The molecule has 0 spiro atoms. The average molecular weight is 659 g/mol. The number of aliphatic carboxylic acids is 1. The second kappa shape index (κ2) is 13.8. The van der Waals surface area contributed by atoms with E-state index in [1.54, 1.807) is 11.0 Å². The summed E-state index contributed by atoms with van der Waals surface area (Å²) in [4.78, 5) is 23.5. The van der Waals surface area contributed by atoms with Crippen LogP contribution in [0.2, 0.25) is 0 Å². The van der Waals surface area contributed by atoms with Crippen LogP contribution in [0.25, 0.3) is 33.7 Å². The summed E-state index contributed by atoms with van der Waals surface area (Å²) in [5.41, 5.74) is 7.90. The number of hydrogen-bond acceptors (Lipinski definition) is 7. The van der Waals surface area contributed by atoms with E-state index in [2.05, 4.69) is 47.9 Å². The maximum Gasteiger partial charge on any atom is 0.387 e. The molecule has 8 nitrogen and oxygen atoms in total. The molecule has 0 bridgehead atoms. The molecule has 3 aliphatic rings. The predicted molar refractivity (Wildman–Crippen MR) is 183 cm³/mol. The Morgan fingerprint density at radius 3 is 2.38 bits per heavy atom. The molecule has 1 atom stereocenters. The molecule has 3 aromatic carbocycles. The molecule has 0 saturated carbocycles. The minimum absolute atomic E-state index is 0.0331. The standard InChI is InChI=1S/C38H44F2N4O4/c1-24-28(29-9-6-11-32(25(29)2)43-18-13-26(14-19-43)22-42-15-3-4-16-42)8-5-10-30(24)36-41-31-20-27(23-44-17-7-12-33(44)37(45)46)34(48-38(39)40)21-35(31)47-36/h5-6,8-11,20-21,26,33,38H,3-4,7,12-19,22-23H2,1-2H3,(H,45,46)/t33-/m0/s1. The van der Waals surface area contributed by atoms with E-state index in [4.69, 9.17) is 14.1 Å². The van der Waals surface area contributed by atoms with E-state index in [0.717, 1.165) is 47.7 Å². The van der Waals surface area contributed by atoms with Crippen LogP contribution in [0, 0.1) is 19.8 Å². The normalized spacial score (nSPS) is 19.6. The highest BCUT2D eigenvalue weighted by Gasteiger charge is 2.32. The fraction of sp³-hybridized carbons (Fsp3) is 0.474. The number of carbonyl (C=O) groups is 1. The molecule has 1 N–H and O–H groups in total. The molecule has 3 saturated heterocycles. The number of carboxylic acids is 1. The van der Waals surface area contributed by atoms with E-state index in [-0.39, 0.29) is 12.3 Å². The lowest BCUT2D eigenvalue weighted by Gasteiger charge is -2.36. The van der Waals surface area contributed by atoms with Crippen LogP contribution < -0.4 is 9.64 Å². The second-order valence-electron chi connectivity index (χ2n) is 13.7. The van der Waals surface area contributed by atoms with Gasteiger partial charge >= 0.3 is 12.6 Å². The van der Waals surface area contributed by atoms with E-state index in [0.29, 0.717) is 35.5 Å². The van der Waals surface area contributed by atoms with Gasteiger partial charge in [-0.15, -0.1) is 0 Å². The van der Waals surface area contributed by atoms with Crippen LogP contribution in [-0.2, 0) is 11.3 Å². The van der Waals surface area contributed by atoms with Crippen molar-refractivity contribution in [1.29, 1.82) is 0 Å². The molecule has 0 unspecified atom stereocenters. The lowest BCUT2D eigenvalue weighted by Crippen LogP contribution is -2.38. The van der Waals surface area contributed by atoms with Crippen molar-refractivity contribution in [2.75, 3.05) is 44.2 Å². The smallest absolute Gasteiger partial charge is 0.387 e. The topological polar surface area (TPSA) is 82.3 Å². The number of carboxylic acid groups (broad SMARTS) is 1. The maximum atomic E-state index is 13.4. The van der Waals surface area contributed by atoms with Crippen molar-refractivity contribution in [2.45, 2.75) is 71.6 Å². The Balaban J connectivity index is 1.15. The van der Waals surface area contributed by atoms with Crippen LogP contribution >= 0.6 is 0 Å². The first-order chi connectivity index (χ1) is 23.2. The number of benzene rings is 3. The van der Waals surface area contributed by atoms with Gasteiger partial charge in [0.2, 0.25) is 5.89 Å². The van der Waals surface area contributed by atoms with E-state index in [1.807, 2.05) is 12.1 Å². The quantitative estimate of drug-likeness (QED) is 0.185. The van der Waals surface area contributed by atoms with Gasteiger partial charge in [-0.05, 0) is 118 Å². The van der Waals surface area contributed by atoms with Crippen LogP contribution in [0.5, 0.6) is 5.75 Å². The molecule has 48 heavy (non-hydrogen) atoms. The van der Waals surface area contributed by atoms with Crippen LogP contribution in [0.4, 0.5) is 14.5 Å². The van der Waals surface area contributed by atoms with Crippen molar-refractivity contribution < 1.29 is 27.8 Å². The van der Waals surface area contributed by atoms with Crippen LogP contribution in [0.3, 0.4) is 0 Å². The average Bonchev–Trinajstić information content (AvgIpc) is 3.84. The predicted octanol–water partition coefficient (Wildman–Crippen LogP) is 7.74. The summed E-state index contributed by atoms with van der Waals surface area (Å²) in [6, 6.07) is 15.1. The summed E-state index contributed by atoms with van der Waals surface area (Å²) in [7, 11) is 0. The van der Waals surface area contributed by atoms with E-state index in [1.165, 1.54) is 62.6 Å². The van der Waals surface area contributed by atoms with Gasteiger partial charge < -0.3 is 24.1 Å². The summed E-state index contributed by atoms with van der Waals surface area (Å²) in [5.74, 6) is 0.216. The summed E-state index contributed by atoms with van der Waals surface area (Å²) in [6.45, 7) is 7.85. The lowest BCUT2D eigenvalue weighted by atomic mass is 9.91. The van der Waals surface area contributed by atoms with Crippen molar-refractivity contribution in [2.24, 2.45) is 5.92 Å². The summed E-state index contributed by atoms with van der Waals surface area (Å²) >= 11 is 0. The number of anilines is 1. The van der Waals surface area contributed by atoms with Crippen molar-refractivity contribution in [3.8, 4) is 28.3 Å². The van der Waals surface area contributed by atoms with Crippen molar-refractivity contribution in [3.63, 3.8) is 0 Å². The first-order valence-corrected chi connectivity index (χ1v) is 17.3. The summed E-state index contributed by atoms with van der Waals surface area (Å²) < 4.78 is 37.9. The van der Waals surface area contributed by atoms with Crippen LogP contribution in [0.1, 0.15) is 55.2 Å². The number of hydrogen-bond donors (Lipinski definition) is 1. The monoisotopic (exact) mass is 658 g/mol. The molecule has 1 aromatic heterocycles. The van der Waals surface area contributed by atoms with Gasteiger partial charge in [0.05, 0.1) is 0 Å². The summed E-state index contributed by atoms with van der Waals surface area (Å²) in [5, 5.41) is 9.64. The molecule has 3 aliphatic heterocycles. The zero-order chi connectivity index (χ0) is 33.4. The highest BCUT2D eigenvalue weighted by molar-refractivity contribution is 5.84. The molecule has 10 heteroatoms. The Bertz CT molecular complexity index is 1780. The number of halogens is 2. The van der Waals surface area contributed by atoms with E-state index < -0.39 is 18.6 Å². The molecular weight excluding hydrogens is 614 g/mol. The SMILES string of the molecule is Cc1c(-c2nc3cc(CN4CCC[C@H]4C(=O)O)c(OC(F)F)cc3o2)cccc1-c1cccc(N2CCC(CN3CCCC3)CC2)c1C. The third kappa shape index (κ3) is 6.65. The second-order valence-corrected chi connectivity index (χ2v) is 13.7. The molecule has 4 aromatic rings. The first-order valence-electron chi connectivity index (χ1n) is 17.3. The van der Waals surface area contributed by atoms with Gasteiger partial charge in [0, 0.05) is 49.1 Å². The van der Waals surface area contributed by atoms with Gasteiger partial charge in [0.25, 0.3) is 0 Å². The van der Waals surface area contributed by atoms with Gasteiger partial charge in [-0.2, -0.15) is 8.78 Å². The zero-order valence-electron chi connectivity index (χ0n) is 27.8. The largest absolute Gasteiger partial charge is 0.480 e. The van der Waals surface area contributed by atoms with Crippen molar-refractivity contribution in [1.82, 2.24) is 14.8 Å². The van der Waals surface area contributed by atoms with Gasteiger partial charge in [-0.25, -0.2) is 4.98 Å². The van der Waals surface area contributed by atoms with Crippen LogP contribution in [-0.4, -0.2) is 77.8 Å². The first kappa shape index (κ1) is 32.5. The Kier molecular flexibility index (Phi) is 9.38. The zero-order valence-corrected chi connectivity index (χ0v) is 27.8. The fourth-order valence-corrected chi connectivity index (χ4v) is 8.06. The number of ether oxygens (including phenoxy) is 1. The minimum Gasteiger partial charge on any atom is -0.480 e. The number of likely N-dealkylation sites (tertiary alicyclic amines) is 2. The Morgan fingerprint density at radius 2 is 1.65 bits per heavy atom. The molecule has 7 rings (SSSR count). The number of rotatable bonds is 10. The highest BCUT2D eigenvalue weighted by atomic mass is 19.3. The fourth-order valence-electron chi connectivity index (χ4n) is 8.06. The lowest BCUT2D eigenvalue weighted by molar-refractivity contribution is -0.142. The Hall–Kier alpha value is -4.02. The highest BCUT2D eigenvalue weighted by Crippen LogP contribution is 2.39. The molecule has 0 aliphatic carbocycles. The molecule has 0 radical (unpaired) electrons. The van der Waals surface area contributed by atoms with Crippen molar-refractivity contribution >= 4 is 22.8 Å². The van der Waals surface area contributed by atoms with Gasteiger partial charge in [-0.1, -0.05) is 24.3 Å². The number of oxazole rings is 1. The minimum atomic E-state index is -3.03. The third-order valence-electron chi connectivity index (χ3n) is 10.6. The molecular formula is C38H44F2N4O4. The number of nitrogens with zero attached hydrogens (tertiary/aromatic N) is 4. The number of piperidine rings is 1. The number of alkyl halides is 2. The van der Waals surface area contributed by atoms with Gasteiger partial charge in [-0.3, -0.25) is 9.69 Å². The van der Waals surface area contributed by atoms with E-state index >= 15 is 0 Å². The van der Waals surface area contributed by atoms with E-state index in [9.17, 15) is 18.7 Å². The van der Waals surface area contributed by atoms with Crippen molar-refractivity contribution in [3.05, 3.63) is 65.2 Å². The third-order valence-corrected chi connectivity index (χ3v) is 10.6. The number of fused-ring (bicyclic) bond motifs is 1. The summed E-state index contributed by atoms with van der Waals surface area (Å²) in [6.07, 6.45) is 6.36. The molecule has 4 heterocycles. The molecule has 0 amide bonds. The number of aromatic nitrogens is 1. The Morgan fingerprint density at radius 1 is 0.938 bits per heavy atom. The maximum absolute atomic E-state index is 13.4.